The van der Waals surface area contributed by atoms with E-state index in [4.69, 9.17) is 0 Å². The van der Waals surface area contributed by atoms with E-state index in [1.54, 1.807) is 6.07 Å². The van der Waals surface area contributed by atoms with E-state index in [0.717, 1.165) is 18.1 Å². The van der Waals surface area contributed by atoms with E-state index in [2.05, 4.69) is 24.0 Å². The van der Waals surface area contributed by atoms with E-state index in [-0.39, 0.29) is 5.75 Å². The number of aromatic hydroxyl groups is 1. The lowest BCUT2D eigenvalue weighted by molar-refractivity contribution is 0.467. The fraction of sp³-hybridized carbons (Fsp3) is 0.250. The predicted octanol–water partition coefficient (Wildman–Crippen LogP) is 3.48. The summed E-state index contributed by atoms with van der Waals surface area (Å²) in [5.41, 5.74) is 3.33. The number of phenols is 1. The van der Waals surface area contributed by atoms with Crippen molar-refractivity contribution in [3.05, 3.63) is 59.4 Å². The average Bonchev–Trinajstić information content (AvgIpc) is 2.65. The highest BCUT2D eigenvalue weighted by atomic mass is 19.1. The highest BCUT2D eigenvalue weighted by Gasteiger charge is 2.25. The van der Waals surface area contributed by atoms with Gasteiger partial charge in [-0.3, -0.25) is 0 Å². The first-order chi connectivity index (χ1) is 9.13. The van der Waals surface area contributed by atoms with E-state index in [9.17, 15) is 9.50 Å². The Kier molecular flexibility index (Phi) is 2.90. The number of benzene rings is 2. The molecule has 3 heteroatoms. The second-order valence-electron chi connectivity index (χ2n) is 5.13. The molecule has 0 saturated carbocycles. The third kappa shape index (κ3) is 2.28. The summed E-state index contributed by atoms with van der Waals surface area (Å²) in [5, 5.41) is 9.47. The van der Waals surface area contributed by atoms with Crippen LogP contribution in [0.4, 0.5) is 10.1 Å². The number of halogens is 1. The van der Waals surface area contributed by atoms with Crippen LogP contribution in [0, 0.1) is 5.82 Å². The smallest absolute Gasteiger partial charge is 0.127 e. The maximum Gasteiger partial charge on any atom is 0.127 e. The van der Waals surface area contributed by atoms with E-state index in [1.807, 2.05) is 12.1 Å². The molecule has 19 heavy (non-hydrogen) atoms. The van der Waals surface area contributed by atoms with Gasteiger partial charge in [-0.15, -0.1) is 0 Å². The van der Waals surface area contributed by atoms with Crippen molar-refractivity contribution in [1.29, 1.82) is 0 Å². The molecule has 0 amide bonds. The molecule has 1 N–H and O–H groups in total. The number of rotatable bonds is 2. The van der Waals surface area contributed by atoms with Crippen LogP contribution in [-0.2, 0) is 13.0 Å². The van der Waals surface area contributed by atoms with Crippen LogP contribution in [0.3, 0.4) is 0 Å². The summed E-state index contributed by atoms with van der Waals surface area (Å²) < 4.78 is 13.3. The van der Waals surface area contributed by atoms with Crippen molar-refractivity contribution in [2.45, 2.75) is 25.9 Å². The molecule has 98 valence electrons. The summed E-state index contributed by atoms with van der Waals surface area (Å²) in [5.74, 6) is -0.412. The Labute approximate surface area is 112 Å². The number of phenolic OH excluding ortho intramolecular Hbond substituents is 1. The van der Waals surface area contributed by atoms with E-state index >= 15 is 0 Å². The van der Waals surface area contributed by atoms with Gasteiger partial charge in [-0.1, -0.05) is 18.2 Å². The molecule has 1 unspecified atom stereocenters. The fourth-order valence-corrected chi connectivity index (χ4v) is 2.79. The van der Waals surface area contributed by atoms with E-state index < -0.39 is 5.82 Å². The lowest BCUT2D eigenvalue weighted by Crippen LogP contribution is -2.28. The van der Waals surface area contributed by atoms with Crippen LogP contribution < -0.4 is 4.90 Å². The van der Waals surface area contributed by atoms with Gasteiger partial charge in [0.1, 0.15) is 11.6 Å². The second kappa shape index (κ2) is 4.57. The second-order valence-corrected chi connectivity index (χ2v) is 5.13. The molecule has 0 saturated heterocycles. The number of anilines is 1. The molecule has 2 aromatic carbocycles. The third-order valence-electron chi connectivity index (χ3n) is 3.64. The van der Waals surface area contributed by atoms with Gasteiger partial charge in [0, 0.05) is 24.3 Å². The summed E-state index contributed by atoms with van der Waals surface area (Å²) in [6.07, 6.45) is 1.01. The first kappa shape index (κ1) is 12.0. The quantitative estimate of drug-likeness (QED) is 0.890. The molecule has 1 heterocycles. The molecule has 0 radical (unpaired) electrons. The topological polar surface area (TPSA) is 23.5 Å². The van der Waals surface area contributed by atoms with E-state index in [1.165, 1.54) is 17.3 Å². The summed E-state index contributed by atoms with van der Waals surface area (Å²) in [6.45, 7) is 2.78. The molecular formula is C16H16FNO. The number of hydrogen-bond donors (Lipinski definition) is 1. The Hall–Kier alpha value is -2.03. The molecule has 0 aromatic heterocycles. The van der Waals surface area contributed by atoms with Gasteiger partial charge >= 0.3 is 0 Å². The van der Waals surface area contributed by atoms with Crippen molar-refractivity contribution in [1.82, 2.24) is 0 Å². The summed E-state index contributed by atoms with van der Waals surface area (Å²) >= 11 is 0. The molecule has 2 aromatic rings. The van der Waals surface area contributed by atoms with Crippen LogP contribution in [0.2, 0.25) is 0 Å². The first-order valence-corrected chi connectivity index (χ1v) is 6.46. The zero-order chi connectivity index (χ0) is 13.4. The molecule has 0 aliphatic carbocycles. The van der Waals surface area contributed by atoms with Gasteiger partial charge < -0.3 is 10.0 Å². The highest BCUT2D eigenvalue weighted by molar-refractivity contribution is 5.59. The minimum absolute atomic E-state index is 0.0184. The first-order valence-electron chi connectivity index (χ1n) is 6.46. The van der Waals surface area contributed by atoms with Gasteiger partial charge in [0.25, 0.3) is 0 Å². The van der Waals surface area contributed by atoms with Crippen molar-refractivity contribution in [2.75, 3.05) is 4.90 Å². The Morgan fingerprint density at radius 1 is 1.26 bits per heavy atom. The third-order valence-corrected chi connectivity index (χ3v) is 3.64. The molecule has 1 atom stereocenters. The molecule has 2 nitrogen and oxygen atoms in total. The minimum Gasteiger partial charge on any atom is -0.508 e. The SMILES string of the molecule is CC1Cc2ccccc2N1Cc1cc(O)cc(F)c1. The van der Waals surface area contributed by atoms with Gasteiger partial charge in [-0.25, -0.2) is 4.39 Å². The monoisotopic (exact) mass is 257 g/mol. The summed E-state index contributed by atoms with van der Waals surface area (Å²) in [7, 11) is 0. The minimum atomic E-state index is -0.393. The van der Waals surface area contributed by atoms with Crippen molar-refractivity contribution in [3.63, 3.8) is 0 Å². The number of fused-ring (bicyclic) bond motifs is 1. The standard InChI is InChI=1S/C16H16FNO/c1-11-6-13-4-2-3-5-16(13)18(11)10-12-7-14(17)9-15(19)8-12/h2-5,7-9,11,19H,6,10H2,1H3. The lowest BCUT2D eigenvalue weighted by Gasteiger charge is -2.25. The summed E-state index contributed by atoms with van der Waals surface area (Å²) in [6, 6.07) is 12.9. The molecule has 1 aliphatic rings. The van der Waals surface area contributed by atoms with Crippen molar-refractivity contribution in [2.24, 2.45) is 0 Å². The van der Waals surface area contributed by atoms with Crippen LogP contribution in [0.15, 0.2) is 42.5 Å². The highest BCUT2D eigenvalue weighted by Crippen LogP contribution is 2.33. The van der Waals surface area contributed by atoms with Crippen LogP contribution in [-0.4, -0.2) is 11.1 Å². The van der Waals surface area contributed by atoms with Crippen molar-refractivity contribution in [3.8, 4) is 5.75 Å². The molecular weight excluding hydrogens is 241 g/mol. The van der Waals surface area contributed by atoms with Gasteiger partial charge in [0.05, 0.1) is 0 Å². The molecule has 0 fully saturated rings. The fourth-order valence-electron chi connectivity index (χ4n) is 2.79. The Morgan fingerprint density at radius 2 is 2.05 bits per heavy atom. The number of para-hydroxylation sites is 1. The Morgan fingerprint density at radius 3 is 2.84 bits per heavy atom. The maximum atomic E-state index is 13.3. The maximum absolute atomic E-state index is 13.3. The van der Waals surface area contributed by atoms with Crippen LogP contribution >= 0.6 is 0 Å². The van der Waals surface area contributed by atoms with Gasteiger partial charge in [0.2, 0.25) is 0 Å². The molecule has 3 rings (SSSR count). The zero-order valence-corrected chi connectivity index (χ0v) is 10.8. The molecule has 0 bridgehead atoms. The largest absolute Gasteiger partial charge is 0.508 e. The summed E-state index contributed by atoms with van der Waals surface area (Å²) in [4.78, 5) is 2.25. The predicted molar refractivity (Wildman–Crippen MR) is 73.9 cm³/mol. The Bertz CT molecular complexity index is 591. The Balaban J connectivity index is 1.91. The van der Waals surface area contributed by atoms with Crippen molar-refractivity contribution < 1.29 is 9.50 Å². The van der Waals surface area contributed by atoms with Crippen LogP contribution in [0.25, 0.3) is 0 Å². The average molecular weight is 257 g/mol. The normalized spacial score (nSPS) is 17.6. The van der Waals surface area contributed by atoms with Crippen LogP contribution in [0.5, 0.6) is 5.75 Å². The lowest BCUT2D eigenvalue weighted by atomic mass is 10.1. The van der Waals surface area contributed by atoms with Gasteiger partial charge in [-0.2, -0.15) is 0 Å². The molecule has 1 aliphatic heterocycles. The number of hydrogen-bond acceptors (Lipinski definition) is 2. The zero-order valence-electron chi connectivity index (χ0n) is 10.8. The van der Waals surface area contributed by atoms with Gasteiger partial charge in [0.15, 0.2) is 0 Å². The molecule has 0 spiro atoms. The van der Waals surface area contributed by atoms with Crippen LogP contribution in [0.1, 0.15) is 18.1 Å². The van der Waals surface area contributed by atoms with Gasteiger partial charge in [-0.05, 0) is 42.7 Å². The van der Waals surface area contributed by atoms with E-state index in [0.29, 0.717) is 12.6 Å². The number of nitrogens with zero attached hydrogens (tertiary/aromatic N) is 1. The van der Waals surface area contributed by atoms with Crippen molar-refractivity contribution >= 4 is 5.69 Å².